The number of nitrogens with zero attached hydrogens (tertiary/aromatic N) is 3. The lowest BCUT2D eigenvalue weighted by Crippen LogP contribution is -2.26. The lowest BCUT2D eigenvalue weighted by Gasteiger charge is -2.11. The Morgan fingerprint density at radius 3 is 2.95 bits per heavy atom. The Kier molecular flexibility index (Phi) is 3.32. The van der Waals surface area contributed by atoms with Gasteiger partial charge in [0, 0.05) is 18.3 Å². The molecule has 7 heteroatoms. The molecule has 7 nitrogen and oxygen atoms in total. The normalized spacial score (nSPS) is 13.8. The zero-order chi connectivity index (χ0) is 15.0. The second-order valence-corrected chi connectivity index (χ2v) is 5.29. The molecule has 0 fully saturated rings. The van der Waals surface area contributed by atoms with Crippen LogP contribution >= 0.6 is 0 Å². The smallest absolute Gasteiger partial charge is 0.277 e. The van der Waals surface area contributed by atoms with Crippen LogP contribution < -0.4 is 10.9 Å². The summed E-state index contributed by atoms with van der Waals surface area (Å²) in [6.07, 6.45) is 3.21. The summed E-state index contributed by atoms with van der Waals surface area (Å²) in [6.45, 7) is 4.33. The maximum absolute atomic E-state index is 12.3. The number of hydrogen-bond acceptors (Lipinski definition) is 4. The van der Waals surface area contributed by atoms with E-state index in [-0.39, 0.29) is 5.56 Å². The summed E-state index contributed by atoms with van der Waals surface area (Å²) < 4.78 is 1.91. The fourth-order valence-electron chi connectivity index (χ4n) is 2.56. The van der Waals surface area contributed by atoms with Crippen molar-refractivity contribution >= 4 is 11.7 Å². The van der Waals surface area contributed by atoms with Crippen LogP contribution in [0.4, 0.5) is 5.82 Å². The first-order chi connectivity index (χ1) is 10.1. The molecule has 0 bridgehead atoms. The summed E-state index contributed by atoms with van der Waals surface area (Å²) in [7, 11) is 0. The highest BCUT2D eigenvalue weighted by molar-refractivity contribution is 6.04. The number of carbonyl (C=O) groups excluding carboxylic acids is 1. The Labute approximate surface area is 121 Å². The summed E-state index contributed by atoms with van der Waals surface area (Å²) in [5.41, 5.74) is 1.94. The molecule has 0 saturated heterocycles. The summed E-state index contributed by atoms with van der Waals surface area (Å²) >= 11 is 0. The van der Waals surface area contributed by atoms with Gasteiger partial charge in [-0.2, -0.15) is 10.2 Å². The number of carbonyl (C=O) groups is 1. The molecule has 0 saturated carbocycles. The van der Waals surface area contributed by atoms with Gasteiger partial charge in [0.05, 0.1) is 5.69 Å². The second kappa shape index (κ2) is 5.16. The molecule has 0 aliphatic carbocycles. The number of H-pyrrole nitrogens is 1. The van der Waals surface area contributed by atoms with E-state index in [9.17, 15) is 9.59 Å². The first-order valence-corrected chi connectivity index (χ1v) is 7.00. The van der Waals surface area contributed by atoms with Gasteiger partial charge in [-0.25, -0.2) is 5.10 Å². The molecule has 3 rings (SSSR count). The molecule has 1 aliphatic rings. The Morgan fingerprint density at radius 2 is 2.19 bits per heavy atom. The molecule has 1 amide bonds. The number of nitrogens with one attached hydrogen (secondary N) is 2. The molecule has 2 N–H and O–H groups in total. The molecule has 3 heterocycles. The highest BCUT2D eigenvalue weighted by Crippen LogP contribution is 2.18. The Hall–Kier alpha value is -2.44. The van der Waals surface area contributed by atoms with Crippen LogP contribution in [0.1, 0.15) is 40.2 Å². The van der Waals surface area contributed by atoms with Crippen molar-refractivity contribution in [2.45, 2.75) is 39.7 Å². The third-order valence-electron chi connectivity index (χ3n) is 3.85. The minimum Gasteiger partial charge on any atom is -0.305 e. The summed E-state index contributed by atoms with van der Waals surface area (Å²) in [4.78, 5) is 24.1. The highest BCUT2D eigenvalue weighted by Gasteiger charge is 2.19. The van der Waals surface area contributed by atoms with Crippen molar-refractivity contribution in [3.05, 3.63) is 38.9 Å². The maximum atomic E-state index is 12.3. The van der Waals surface area contributed by atoms with E-state index in [2.05, 4.69) is 20.6 Å². The van der Waals surface area contributed by atoms with E-state index < -0.39 is 11.5 Å². The molecule has 110 valence electrons. The molecular formula is C14H17N5O2. The van der Waals surface area contributed by atoms with Crippen LogP contribution in [0.5, 0.6) is 0 Å². The number of amides is 1. The summed E-state index contributed by atoms with van der Waals surface area (Å²) in [5, 5.41) is 13.2. The number of hydrogen-bond donors (Lipinski definition) is 2. The topological polar surface area (TPSA) is 92.7 Å². The first kappa shape index (κ1) is 13.5. The van der Waals surface area contributed by atoms with Crippen molar-refractivity contribution in [2.24, 2.45) is 0 Å². The standard InChI is InChI=1S/C14H17N5O2/c1-8-9(2)16-17-14(21)12(8)13(20)15-11-7-10-5-3-4-6-19(10)18-11/h7H,3-6H2,1-2H3,(H,17,21)(H,15,18,20). The van der Waals surface area contributed by atoms with E-state index in [0.29, 0.717) is 17.1 Å². The lowest BCUT2D eigenvalue weighted by molar-refractivity contribution is 0.102. The zero-order valence-electron chi connectivity index (χ0n) is 12.1. The van der Waals surface area contributed by atoms with E-state index in [0.717, 1.165) is 31.5 Å². The average molecular weight is 287 g/mol. The van der Waals surface area contributed by atoms with Crippen LogP contribution in [0.25, 0.3) is 0 Å². The van der Waals surface area contributed by atoms with Crippen molar-refractivity contribution < 1.29 is 4.79 Å². The van der Waals surface area contributed by atoms with Crippen molar-refractivity contribution in [2.75, 3.05) is 5.32 Å². The van der Waals surface area contributed by atoms with Crippen LogP contribution in [0, 0.1) is 13.8 Å². The lowest BCUT2D eigenvalue weighted by atomic mass is 10.1. The van der Waals surface area contributed by atoms with Gasteiger partial charge < -0.3 is 5.32 Å². The van der Waals surface area contributed by atoms with Gasteiger partial charge in [-0.15, -0.1) is 0 Å². The minimum atomic E-state index is -0.487. The van der Waals surface area contributed by atoms with Crippen molar-refractivity contribution in [1.82, 2.24) is 20.0 Å². The molecule has 0 unspecified atom stereocenters. The van der Waals surface area contributed by atoms with E-state index in [1.54, 1.807) is 13.8 Å². The predicted octanol–water partition coefficient (Wildman–Crippen LogP) is 1.17. The molecule has 1 aliphatic heterocycles. The first-order valence-electron chi connectivity index (χ1n) is 7.00. The zero-order valence-corrected chi connectivity index (χ0v) is 12.1. The quantitative estimate of drug-likeness (QED) is 0.867. The molecule has 0 aromatic carbocycles. The monoisotopic (exact) mass is 287 g/mol. The largest absolute Gasteiger partial charge is 0.305 e. The summed E-state index contributed by atoms with van der Waals surface area (Å²) in [5.74, 6) is 0.0415. The maximum Gasteiger partial charge on any atom is 0.277 e. The van der Waals surface area contributed by atoms with Gasteiger partial charge >= 0.3 is 0 Å². The Bertz CT molecular complexity index is 736. The van der Waals surface area contributed by atoms with Gasteiger partial charge in [-0.3, -0.25) is 14.3 Å². The number of aromatic amines is 1. The van der Waals surface area contributed by atoms with Gasteiger partial charge in [0.25, 0.3) is 11.5 Å². The van der Waals surface area contributed by atoms with Crippen LogP contribution in [-0.2, 0) is 13.0 Å². The van der Waals surface area contributed by atoms with Crippen LogP contribution in [0.15, 0.2) is 10.9 Å². The minimum absolute atomic E-state index is 0.0912. The third-order valence-corrected chi connectivity index (χ3v) is 3.85. The van der Waals surface area contributed by atoms with Crippen LogP contribution in [-0.4, -0.2) is 25.9 Å². The molecule has 2 aromatic rings. The SMILES string of the molecule is Cc1n[nH]c(=O)c(C(=O)Nc2cc3n(n2)CCCC3)c1C. The molecule has 0 radical (unpaired) electrons. The molecule has 21 heavy (non-hydrogen) atoms. The van der Waals surface area contributed by atoms with Crippen LogP contribution in [0.3, 0.4) is 0 Å². The molecular weight excluding hydrogens is 270 g/mol. The number of rotatable bonds is 2. The Morgan fingerprint density at radius 1 is 1.38 bits per heavy atom. The van der Waals surface area contributed by atoms with Crippen molar-refractivity contribution in [3.8, 4) is 0 Å². The number of anilines is 1. The van der Waals surface area contributed by atoms with Gasteiger partial charge in [0.2, 0.25) is 0 Å². The van der Waals surface area contributed by atoms with Gasteiger partial charge in [-0.05, 0) is 38.7 Å². The fourth-order valence-corrected chi connectivity index (χ4v) is 2.56. The van der Waals surface area contributed by atoms with E-state index in [1.807, 2.05) is 10.7 Å². The molecule has 0 atom stereocenters. The van der Waals surface area contributed by atoms with Crippen LogP contribution in [0.2, 0.25) is 0 Å². The van der Waals surface area contributed by atoms with Gasteiger partial charge in [0.15, 0.2) is 5.82 Å². The average Bonchev–Trinajstić information content (AvgIpc) is 2.85. The second-order valence-electron chi connectivity index (χ2n) is 5.29. The number of aryl methyl sites for hydroxylation is 3. The third kappa shape index (κ3) is 2.46. The van der Waals surface area contributed by atoms with E-state index in [4.69, 9.17) is 0 Å². The molecule has 0 spiro atoms. The van der Waals surface area contributed by atoms with Gasteiger partial charge in [0.1, 0.15) is 5.56 Å². The van der Waals surface area contributed by atoms with E-state index >= 15 is 0 Å². The predicted molar refractivity (Wildman–Crippen MR) is 77.4 cm³/mol. The number of aromatic nitrogens is 4. The van der Waals surface area contributed by atoms with Gasteiger partial charge in [-0.1, -0.05) is 0 Å². The highest BCUT2D eigenvalue weighted by atomic mass is 16.2. The number of fused-ring (bicyclic) bond motifs is 1. The Balaban J connectivity index is 1.89. The summed E-state index contributed by atoms with van der Waals surface area (Å²) in [6, 6.07) is 1.87. The van der Waals surface area contributed by atoms with Crippen molar-refractivity contribution in [1.29, 1.82) is 0 Å². The molecule has 2 aromatic heterocycles. The fraction of sp³-hybridized carbons (Fsp3) is 0.429. The van der Waals surface area contributed by atoms with E-state index in [1.165, 1.54) is 0 Å². The van der Waals surface area contributed by atoms with Crippen molar-refractivity contribution in [3.63, 3.8) is 0 Å².